The van der Waals surface area contributed by atoms with Gasteiger partial charge in [-0.15, -0.1) is 0 Å². The molecule has 0 atom stereocenters. The fourth-order valence-electron chi connectivity index (χ4n) is 9.17. The predicted molar refractivity (Wildman–Crippen MR) is 223 cm³/mol. The van der Waals surface area contributed by atoms with Gasteiger partial charge in [0.25, 0.3) is 0 Å². The van der Waals surface area contributed by atoms with Gasteiger partial charge in [0.1, 0.15) is 11.2 Å². The van der Waals surface area contributed by atoms with Crippen LogP contribution >= 0.6 is 0 Å². The first-order valence-electron chi connectivity index (χ1n) is 18.4. The minimum atomic E-state index is -0.183. The number of anilines is 3. The van der Waals surface area contributed by atoms with Crippen molar-refractivity contribution in [3.8, 4) is 33.4 Å². The molecular formula is C51H35NO. The van der Waals surface area contributed by atoms with Crippen LogP contribution in [0.2, 0.25) is 0 Å². The van der Waals surface area contributed by atoms with Crippen molar-refractivity contribution in [2.24, 2.45) is 0 Å². The van der Waals surface area contributed by atoms with E-state index in [0.717, 1.165) is 28.2 Å². The minimum Gasteiger partial charge on any atom is -0.456 e. The van der Waals surface area contributed by atoms with Crippen molar-refractivity contribution >= 4 is 60.5 Å². The molecule has 0 saturated heterocycles. The largest absolute Gasteiger partial charge is 0.456 e. The van der Waals surface area contributed by atoms with E-state index in [1.807, 2.05) is 0 Å². The second kappa shape index (κ2) is 11.2. The highest BCUT2D eigenvalue weighted by Crippen LogP contribution is 2.54. The number of rotatable bonds is 5. The van der Waals surface area contributed by atoms with Crippen LogP contribution in [0.25, 0.3) is 76.9 Å². The van der Waals surface area contributed by atoms with Crippen molar-refractivity contribution < 1.29 is 4.42 Å². The molecule has 0 fully saturated rings. The first kappa shape index (κ1) is 30.0. The highest BCUT2D eigenvalue weighted by molar-refractivity contribution is 6.35. The zero-order chi connectivity index (χ0) is 35.3. The van der Waals surface area contributed by atoms with Gasteiger partial charge in [0, 0.05) is 32.9 Å². The molecule has 0 saturated carbocycles. The van der Waals surface area contributed by atoms with Gasteiger partial charge in [-0.1, -0.05) is 147 Å². The van der Waals surface area contributed by atoms with Gasteiger partial charge in [-0.05, 0) is 103 Å². The van der Waals surface area contributed by atoms with Crippen LogP contribution in [-0.2, 0) is 5.41 Å². The molecule has 2 nitrogen and oxygen atoms in total. The molecular weight excluding hydrogens is 643 g/mol. The maximum atomic E-state index is 6.44. The monoisotopic (exact) mass is 677 g/mol. The van der Waals surface area contributed by atoms with Crippen LogP contribution in [0.1, 0.15) is 25.0 Å². The van der Waals surface area contributed by atoms with E-state index in [4.69, 9.17) is 4.42 Å². The molecule has 0 N–H and O–H groups in total. The Morgan fingerprint density at radius 1 is 0.415 bits per heavy atom. The van der Waals surface area contributed by atoms with Crippen molar-refractivity contribution in [3.63, 3.8) is 0 Å². The van der Waals surface area contributed by atoms with Crippen LogP contribution in [0, 0.1) is 0 Å². The molecule has 0 amide bonds. The summed E-state index contributed by atoms with van der Waals surface area (Å²) in [6.45, 7) is 4.75. The summed E-state index contributed by atoms with van der Waals surface area (Å²) in [5, 5.41) is 7.26. The molecule has 250 valence electrons. The Morgan fingerprint density at radius 3 is 1.74 bits per heavy atom. The lowest BCUT2D eigenvalue weighted by Crippen LogP contribution is -2.16. The summed E-state index contributed by atoms with van der Waals surface area (Å²) in [5.41, 5.74) is 15.4. The van der Waals surface area contributed by atoms with E-state index in [2.05, 4.69) is 195 Å². The fourth-order valence-corrected chi connectivity index (χ4v) is 9.17. The van der Waals surface area contributed by atoms with E-state index < -0.39 is 0 Å². The number of furan rings is 1. The van der Waals surface area contributed by atoms with Crippen LogP contribution in [-0.4, -0.2) is 0 Å². The lowest BCUT2D eigenvalue weighted by molar-refractivity contribution is 0.660. The summed E-state index contributed by atoms with van der Waals surface area (Å²) in [5.74, 6) is 0. The van der Waals surface area contributed by atoms with E-state index in [9.17, 15) is 0 Å². The zero-order valence-corrected chi connectivity index (χ0v) is 29.6. The van der Waals surface area contributed by atoms with Crippen molar-refractivity contribution in [1.82, 2.24) is 0 Å². The smallest absolute Gasteiger partial charge is 0.136 e. The Kier molecular flexibility index (Phi) is 6.33. The summed E-state index contributed by atoms with van der Waals surface area (Å²) in [6, 6.07) is 64.1. The van der Waals surface area contributed by atoms with E-state index in [-0.39, 0.29) is 5.41 Å². The summed E-state index contributed by atoms with van der Waals surface area (Å²) in [7, 11) is 0. The Bertz CT molecular complexity index is 3010. The minimum absolute atomic E-state index is 0.183. The summed E-state index contributed by atoms with van der Waals surface area (Å²) >= 11 is 0. The second-order valence-electron chi connectivity index (χ2n) is 14.9. The molecule has 2 heteroatoms. The molecule has 10 aromatic rings. The Labute approximate surface area is 308 Å². The van der Waals surface area contributed by atoms with E-state index in [0.29, 0.717) is 0 Å². The maximum absolute atomic E-state index is 6.44. The molecule has 0 aliphatic heterocycles. The van der Waals surface area contributed by atoms with Crippen molar-refractivity contribution in [3.05, 3.63) is 187 Å². The van der Waals surface area contributed by atoms with Crippen molar-refractivity contribution in [2.75, 3.05) is 4.90 Å². The van der Waals surface area contributed by atoms with Gasteiger partial charge in [-0.2, -0.15) is 0 Å². The van der Waals surface area contributed by atoms with Crippen molar-refractivity contribution in [2.45, 2.75) is 19.3 Å². The molecule has 1 heterocycles. The van der Waals surface area contributed by atoms with Gasteiger partial charge in [0.15, 0.2) is 0 Å². The number of hydrogen-bond acceptors (Lipinski definition) is 2. The number of benzene rings is 9. The lowest BCUT2D eigenvalue weighted by atomic mass is 9.81. The van der Waals surface area contributed by atoms with E-state index in [1.165, 1.54) is 76.8 Å². The van der Waals surface area contributed by atoms with E-state index in [1.54, 1.807) is 0 Å². The highest BCUT2D eigenvalue weighted by Gasteiger charge is 2.37. The molecule has 0 radical (unpaired) electrons. The van der Waals surface area contributed by atoms with Gasteiger partial charge < -0.3 is 9.32 Å². The first-order valence-corrected chi connectivity index (χ1v) is 18.4. The third-order valence-electron chi connectivity index (χ3n) is 11.6. The van der Waals surface area contributed by atoms with Crippen LogP contribution in [0.5, 0.6) is 0 Å². The Morgan fingerprint density at radius 2 is 1.00 bits per heavy atom. The van der Waals surface area contributed by atoms with Crippen LogP contribution < -0.4 is 4.90 Å². The molecule has 1 aliphatic rings. The average Bonchev–Trinajstić information content (AvgIpc) is 3.71. The quantitative estimate of drug-likeness (QED) is 0.169. The van der Waals surface area contributed by atoms with Gasteiger partial charge >= 0.3 is 0 Å². The molecule has 53 heavy (non-hydrogen) atoms. The van der Waals surface area contributed by atoms with Crippen LogP contribution in [0.3, 0.4) is 0 Å². The predicted octanol–water partition coefficient (Wildman–Crippen LogP) is 14.4. The molecule has 9 aromatic carbocycles. The third-order valence-corrected chi connectivity index (χ3v) is 11.6. The maximum Gasteiger partial charge on any atom is 0.136 e. The SMILES string of the molecule is CC1(C)c2cc(N(c3ccc(-c4ccccc4)cc3)c3cccc4c5cccc6oc7cccc(c34)c7c65)ccc2-c2c(-c3ccccc3)cccc21. The fraction of sp³-hybridized carbons (Fsp3) is 0.0588. The van der Waals surface area contributed by atoms with Gasteiger partial charge in [-0.25, -0.2) is 0 Å². The molecule has 0 spiro atoms. The second-order valence-corrected chi connectivity index (χ2v) is 14.9. The van der Waals surface area contributed by atoms with Crippen molar-refractivity contribution in [1.29, 1.82) is 0 Å². The van der Waals surface area contributed by atoms with Crippen LogP contribution in [0.15, 0.2) is 180 Å². The normalized spacial score (nSPS) is 13.2. The summed E-state index contributed by atoms with van der Waals surface area (Å²) in [6.07, 6.45) is 0. The standard InChI is InChI=1S/C51H35NO/c1-51(2)42-21-9-17-37(34-15-7-4-8-16-34)47(42)40-30-29-36(31-43(40)51)52(35-27-25-33(26-28-35)32-13-5-3-6-14-32)44-22-10-18-38-39-19-11-23-45-49(39)50-41(48(38)44)20-12-24-46(50)53-45/h3-31H,1-2H3. The lowest BCUT2D eigenvalue weighted by Gasteiger charge is -2.29. The highest BCUT2D eigenvalue weighted by atomic mass is 16.3. The number of fused-ring (bicyclic) bond motifs is 6. The van der Waals surface area contributed by atoms with Gasteiger partial charge in [0.05, 0.1) is 5.69 Å². The number of hydrogen-bond donors (Lipinski definition) is 0. The molecule has 0 unspecified atom stereocenters. The van der Waals surface area contributed by atoms with Gasteiger partial charge in [0.2, 0.25) is 0 Å². The summed E-state index contributed by atoms with van der Waals surface area (Å²) in [4.78, 5) is 2.47. The average molecular weight is 678 g/mol. The van der Waals surface area contributed by atoms with Gasteiger partial charge in [-0.3, -0.25) is 0 Å². The Balaban J connectivity index is 1.18. The van der Waals surface area contributed by atoms with Crippen LogP contribution in [0.4, 0.5) is 17.1 Å². The molecule has 11 rings (SSSR count). The summed E-state index contributed by atoms with van der Waals surface area (Å²) < 4.78 is 6.44. The third kappa shape index (κ3) is 4.33. The van der Waals surface area contributed by atoms with E-state index >= 15 is 0 Å². The molecule has 1 aliphatic carbocycles. The first-order chi connectivity index (χ1) is 26.1. The molecule has 1 aromatic heterocycles. The molecule has 0 bridgehead atoms. The Hall–Kier alpha value is -6.64. The topological polar surface area (TPSA) is 16.4 Å². The number of nitrogens with zero attached hydrogens (tertiary/aromatic N) is 1. The zero-order valence-electron chi connectivity index (χ0n) is 29.6.